The molecule has 5 N–H and O–H groups in total. The number of carbonyl (C=O) groups excluding carboxylic acids is 5. The van der Waals surface area contributed by atoms with Crippen LogP contribution in [0.2, 0.25) is 0 Å². The maximum Gasteiger partial charge on any atom is 0.417 e. The minimum atomic E-state index is -4.98. The number of carbonyl (C=O) groups is 5. The van der Waals surface area contributed by atoms with E-state index in [-0.39, 0.29) is 73.4 Å². The number of aliphatic hydroxyl groups excluding tert-OH is 1. The molecule has 9 rings (SSSR count). The van der Waals surface area contributed by atoms with E-state index in [0.717, 1.165) is 33.5 Å². The van der Waals surface area contributed by atoms with Crippen molar-refractivity contribution in [3.8, 4) is 10.4 Å². The molecule has 2 aromatic carbocycles. The van der Waals surface area contributed by atoms with E-state index in [4.69, 9.17) is 0 Å². The Labute approximate surface area is 507 Å². The molecule has 5 amide bonds. The highest BCUT2D eigenvalue weighted by Gasteiger charge is 2.45. The standard InChI is InChI=1S/C62H77F4N13O7S/c1-37-32-78(33-38(2)74(37)7)50-27-48(63)45(25-49(50)72-57(84)46-31-67-53(82)26-47(46)62(64,65)66)42-16-18-77(19-17-42)60-69-29-41(30-70-60)34-75-20-22-76(23-21-75)54(83)11-9-8-10-52(81)73-56(61(4,5)6)59(86)79-35-44(80)24-51(79)58(85)68-28-40-12-14-43(15-13-40)55-39(3)71-36-87-55/h12-16,25-27,29-31,36-38,44,51,56,80H,8-11,17-24,28,32-35H2,1-7H3,(H,67,82)(H,68,85)(H,72,84)(H,73,81)/t37-,38+,44-,51+,56?/m1/s1. The van der Waals surface area contributed by atoms with Crippen LogP contribution in [0.15, 0.2) is 77.4 Å². The second kappa shape index (κ2) is 27.2. The van der Waals surface area contributed by atoms with Crippen LogP contribution in [0.1, 0.15) is 111 Å². The smallest absolute Gasteiger partial charge is 0.391 e. The number of pyridine rings is 1. The van der Waals surface area contributed by atoms with Crippen LogP contribution in [0.4, 0.5) is 34.9 Å². The summed E-state index contributed by atoms with van der Waals surface area (Å²) in [6.07, 6.45) is 1.93. The van der Waals surface area contributed by atoms with Gasteiger partial charge >= 0.3 is 6.18 Å². The quantitative estimate of drug-likeness (QED) is 0.0447. The van der Waals surface area contributed by atoms with Crippen LogP contribution in [0.5, 0.6) is 0 Å². The minimum absolute atomic E-state index is 0.00306. The summed E-state index contributed by atoms with van der Waals surface area (Å²) in [5.41, 5.74) is 2.93. The number of aryl methyl sites for hydroxylation is 1. The Morgan fingerprint density at radius 3 is 2.20 bits per heavy atom. The number of aliphatic hydroxyl groups is 1. The van der Waals surface area contributed by atoms with Gasteiger partial charge < -0.3 is 45.6 Å². The van der Waals surface area contributed by atoms with Gasteiger partial charge in [0.05, 0.1) is 44.7 Å². The van der Waals surface area contributed by atoms with Gasteiger partial charge in [0.1, 0.15) is 17.9 Å². The average molecular weight is 1220 g/mol. The summed E-state index contributed by atoms with van der Waals surface area (Å²) in [6, 6.07) is 9.17. The number of alkyl halides is 3. The number of likely N-dealkylation sites (N-methyl/N-ethyl adjacent to an activating group) is 1. The second-order valence-electron chi connectivity index (χ2n) is 24.3. The van der Waals surface area contributed by atoms with E-state index >= 15 is 4.39 Å². The number of anilines is 3. The number of thiazole rings is 1. The maximum absolute atomic E-state index is 16.3. The number of benzene rings is 2. The lowest BCUT2D eigenvalue weighted by molar-refractivity contribution is -0.144. The number of halogens is 4. The second-order valence-corrected chi connectivity index (χ2v) is 25.2. The van der Waals surface area contributed by atoms with Crippen molar-refractivity contribution in [2.75, 3.05) is 81.1 Å². The molecule has 4 aliphatic heterocycles. The van der Waals surface area contributed by atoms with Crippen LogP contribution in [0.25, 0.3) is 16.0 Å². The van der Waals surface area contributed by atoms with Gasteiger partial charge in [-0.15, -0.1) is 11.3 Å². The lowest BCUT2D eigenvalue weighted by Crippen LogP contribution is -2.57. The molecule has 7 heterocycles. The number of aromatic amines is 1. The number of nitrogens with one attached hydrogen (secondary N) is 4. The molecule has 0 saturated carbocycles. The summed E-state index contributed by atoms with van der Waals surface area (Å²) in [5, 5.41) is 19.1. The Morgan fingerprint density at radius 1 is 0.874 bits per heavy atom. The van der Waals surface area contributed by atoms with Crippen LogP contribution in [0, 0.1) is 18.2 Å². The minimum Gasteiger partial charge on any atom is -0.391 e. The number of rotatable bonds is 18. The van der Waals surface area contributed by atoms with Gasteiger partial charge in [-0.25, -0.2) is 19.3 Å². The molecule has 20 nitrogen and oxygen atoms in total. The fraction of sp³-hybridized carbons (Fsp3) is 0.500. The summed E-state index contributed by atoms with van der Waals surface area (Å²) in [6.45, 7) is 16.3. The highest BCUT2D eigenvalue weighted by Crippen LogP contribution is 2.38. The highest BCUT2D eigenvalue weighted by atomic mass is 32.1. The molecule has 466 valence electrons. The molecular weight excluding hydrogens is 1150 g/mol. The molecule has 3 aromatic heterocycles. The Hall–Kier alpha value is -7.61. The molecule has 3 fully saturated rings. The third-order valence-electron chi connectivity index (χ3n) is 16.9. The first kappa shape index (κ1) is 63.9. The first-order chi connectivity index (χ1) is 41.3. The van der Waals surface area contributed by atoms with E-state index in [9.17, 15) is 47.0 Å². The normalized spacial score (nSPS) is 20.1. The summed E-state index contributed by atoms with van der Waals surface area (Å²) >= 11 is 1.56. The van der Waals surface area contributed by atoms with E-state index in [1.54, 1.807) is 29.2 Å². The molecule has 5 atom stereocenters. The zero-order chi connectivity index (χ0) is 62.5. The first-order valence-electron chi connectivity index (χ1n) is 29.5. The van der Waals surface area contributed by atoms with Crippen molar-refractivity contribution in [1.29, 1.82) is 0 Å². The molecule has 25 heteroatoms. The van der Waals surface area contributed by atoms with Crippen molar-refractivity contribution >= 4 is 63.8 Å². The van der Waals surface area contributed by atoms with Crippen LogP contribution in [-0.2, 0) is 38.4 Å². The lowest BCUT2D eigenvalue weighted by atomic mass is 9.85. The number of hydrogen-bond acceptors (Lipinski definition) is 15. The van der Waals surface area contributed by atoms with Gasteiger partial charge in [0.15, 0.2) is 0 Å². The van der Waals surface area contributed by atoms with Crippen molar-refractivity contribution < 1.29 is 46.6 Å². The van der Waals surface area contributed by atoms with Crippen LogP contribution < -0.4 is 31.3 Å². The molecule has 1 unspecified atom stereocenters. The van der Waals surface area contributed by atoms with Gasteiger partial charge in [0.2, 0.25) is 35.1 Å². The molecule has 4 aliphatic rings. The first-order valence-corrected chi connectivity index (χ1v) is 30.4. The number of aromatic nitrogens is 4. The van der Waals surface area contributed by atoms with Gasteiger partial charge in [-0.2, -0.15) is 13.2 Å². The van der Waals surface area contributed by atoms with Crippen molar-refractivity contribution in [3.05, 3.63) is 122 Å². The summed E-state index contributed by atoms with van der Waals surface area (Å²) < 4.78 is 58.4. The van der Waals surface area contributed by atoms with E-state index < -0.39 is 64.1 Å². The van der Waals surface area contributed by atoms with Crippen LogP contribution >= 0.6 is 11.3 Å². The fourth-order valence-electron chi connectivity index (χ4n) is 11.7. The summed E-state index contributed by atoms with van der Waals surface area (Å²) in [4.78, 5) is 108. The molecule has 3 saturated heterocycles. The maximum atomic E-state index is 16.3. The summed E-state index contributed by atoms with van der Waals surface area (Å²) in [7, 11) is 1.98. The van der Waals surface area contributed by atoms with Crippen LogP contribution in [-0.4, -0.2) is 170 Å². The zero-order valence-electron chi connectivity index (χ0n) is 50.2. The number of piperazine rings is 2. The molecule has 0 radical (unpaired) electrons. The van der Waals surface area contributed by atoms with Gasteiger partial charge in [-0.3, -0.25) is 38.6 Å². The Balaban J connectivity index is 0.721. The lowest BCUT2D eigenvalue weighted by Gasteiger charge is -2.44. The monoisotopic (exact) mass is 1220 g/mol. The van der Waals surface area contributed by atoms with Crippen LogP contribution in [0.3, 0.4) is 0 Å². The Morgan fingerprint density at radius 2 is 1.56 bits per heavy atom. The topological polar surface area (TPSA) is 233 Å². The van der Waals surface area contributed by atoms with Gasteiger partial charge in [-0.1, -0.05) is 51.1 Å². The number of H-pyrrole nitrogens is 1. The predicted molar refractivity (Wildman–Crippen MR) is 324 cm³/mol. The van der Waals surface area contributed by atoms with Crippen molar-refractivity contribution in [1.82, 2.24) is 50.2 Å². The highest BCUT2D eigenvalue weighted by molar-refractivity contribution is 7.13. The SMILES string of the molecule is Cc1ncsc1-c1ccc(CNC(=O)[C@@H]2C[C@@H](O)CN2C(=O)C(NC(=O)CCCCC(=O)N2CCN(Cc3cnc(N4CC=C(c5cc(NC(=O)c6c[nH]c(=O)cc6C(F)(F)F)c(N6C[C@@H](C)N(C)[C@@H](C)C6)cc5F)CC4)nc3)CC2)C(C)(C)C)cc1. The van der Waals surface area contributed by atoms with E-state index in [2.05, 4.69) is 45.7 Å². The number of amides is 5. The molecule has 0 spiro atoms. The van der Waals surface area contributed by atoms with Crippen molar-refractivity contribution in [3.63, 3.8) is 0 Å². The molecule has 0 bridgehead atoms. The predicted octanol–water partition coefficient (Wildman–Crippen LogP) is 6.84. The van der Waals surface area contributed by atoms with Gasteiger partial charge in [0, 0.05) is 139 Å². The van der Waals surface area contributed by atoms with E-state index in [1.165, 1.54) is 17.0 Å². The molecule has 87 heavy (non-hydrogen) atoms. The number of hydrogen-bond donors (Lipinski definition) is 5. The van der Waals surface area contributed by atoms with E-state index in [0.29, 0.717) is 101 Å². The Bertz CT molecular complexity index is 3390. The molecular formula is C62H77F4N13O7S. The number of unbranched alkanes of at least 4 members (excludes halogenated alkanes) is 1. The third-order valence-corrected chi connectivity index (χ3v) is 17.9. The van der Waals surface area contributed by atoms with E-state index in [1.807, 2.05) is 93.6 Å². The zero-order valence-corrected chi connectivity index (χ0v) is 51.0. The number of nitrogens with zero attached hydrogens (tertiary/aromatic N) is 9. The molecule has 5 aromatic rings. The third kappa shape index (κ3) is 15.6. The average Bonchev–Trinajstić information content (AvgIpc) is 1.56. The number of likely N-dealkylation sites (tertiary alicyclic amines) is 1. The largest absolute Gasteiger partial charge is 0.417 e. The van der Waals surface area contributed by atoms with Crippen molar-refractivity contribution in [2.45, 2.75) is 130 Å². The number of β-amino-alcohol motifs (C(OH)–C–C–N with tert-alkyl or cyclic N) is 1. The molecule has 0 aliphatic carbocycles. The van der Waals surface area contributed by atoms with Gasteiger partial charge in [-0.05, 0) is 81.3 Å². The fourth-order valence-corrected chi connectivity index (χ4v) is 12.5. The van der Waals surface area contributed by atoms with Crippen molar-refractivity contribution in [2.24, 2.45) is 5.41 Å². The summed E-state index contributed by atoms with van der Waals surface area (Å²) in [5.74, 6) is -2.36. The van der Waals surface area contributed by atoms with Gasteiger partial charge in [0.25, 0.3) is 5.91 Å². The Kier molecular flexibility index (Phi) is 20.0.